The molecule has 0 aliphatic heterocycles. The third kappa shape index (κ3) is 3.80. The van der Waals surface area contributed by atoms with Crippen LogP contribution in [0.4, 0.5) is 5.69 Å². The fourth-order valence-electron chi connectivity index (χ4n) is 1.89. The number of aryl methyl sites for hydroxylation is 2. The minimum absolute atomic E-state index is 0.407. The molecule has 2 N–H and O–H groups in total. The molecule has 5 nitrogen and oxygen atoms in total. The van der Waals surface area contributed by atoms with Gasteiger partial charge in [0.1, 0.15) is 5.25 Å². The second kappa shape index (κ2) is 6.85. The monoisotopic (exact) mass is 299 g/mol. The molecule has 1 aromatic rings. The van der Waals surface area contributed by atoms with Crippen LogP contribution in [0.3, 0.4) is 0 Å². The average Bonchev–Trinajstić information content (AvgIpc) is 2.39. The van der Waals surface area contributed by atoms with Gasteiger partial charge in [-0.05, 0) is 31.4 Å². The van der Waals surface area contributed by atoms with E-state index in [2.05, 4.69) is 5.32 Å². The molecular weight excluding hydrogens is 278 g/mol. The zero-order valence-electron chi connectivity index (χ0n) is 12.0. The zero-order chi connectivity index (χ0) is 15.3. The van der Waals surface area contributed by atoms with Gasteiger partial charge in [0.25, 0.3) is 0 Å². The van der Waals surface area contributed by atoms with Gasteiger partial charge in [-0.25, -0.2) is 8.42 Å². The number of anilines is 1. The molecule has 0 spiro atoms. The molecule has 6 heteroatoms. The first-order chi connectivity index (χ1) is 9.33. The van der Waals surface area contributed by atoms with E-state index >= 15 is 0 Å². The Morgan fingerprint density at radius 1 is 1.40 bits per heavy atom. The fourth-order valence-corrected chi connectivity index (χ4v) is 2.89. The first-order valence-electron chi connectivity index (χ1n) is 6.55. The van der Waals surface area contributed by atoms with E-state index in [-0.39, 0.29) is 0 Å². The predicted molar refractivity (Wildman–Crippen MR) is 79.5 cm³/mol. The molecule has 0 saturated carbocycles. The molecule has 1 rings (SSSR count). The normalized spacial score (nSPS) is 13.0. The summed E-state index contributed by atoms with van der Waals surface area (Å²) in [7, 11) is -3.62. The van der Waals surface area contributed by atoms with Gasteiger partial charge in [-0.2, -0.15) is 0 Å². The van der Waals surface area contributed by atoms with E-state index in [9.17, 15) is 13.2 Å². The van der Waals surface area contributed by atoms with Crippen LogP contribution < -0.4 is 5.32 Å². The molecule has 0 radical (unpaired) electrons. The van der Waals surface area contributed by atoms with Gasteiger partial charge in [0.2, 0.25) is 5.91 Å². The van der Waals surface area contributed by atoms with E-state index in [1.165, 1.54) is 6.92 Å². The van der Waals surface area contributed by atoms with Crippen LogP contribution in [0, 0.1) is 6.92 Å². The molecule has 112 valence electrons. The highest BCUT2D eigenvalue weighted by Crippen LogP contribution is 2.21. The van der Waals surface area contributed by atoms with Gasteiger partial charge in [-0.1, -0.05) is 25.1 Å². The molecule has 1 unspecified atom stereocenters. The van der Waals surface area contributed by atoms with Crippen LogP contribution in [0.1, 0.15) is 25.0 Å². The van der Waals surface area contributed by atoms with Crippen LogP contribution >= 0.6 is 0 Å². The Morgan fingerprint density at radius 3 is 2.60 bits per heavy atom. The number of benzene rings is 1. The van der Waals surface area contributed by atoms with Crippen molar-refractivity contribution in [2.75, 3.05) is 17.7 Å². The third-order valence-electron chi connectivity index (χ3n) is 3.27. The van der Waals surface area contributed by atoms with Gasteiger partial charge in [0.05, 0.1) is 12.4 Å². The van der Waals surface area contributed by atoms with Crippen LogP contribution in [-0.4, -0.2) is 37.0 Å². The quantitative estimate of drug-likeness (QED) is 0.829. The number of carbonyl (C=O) groups is 1. The topological polar surface area (TPSA) is 83.5 Å². The maximum absolute atomic E-state index is 12.1. The van der Waals surface area contributed by atoms with Gasteiger partial charge in [-0.3, -0.25) is 4.79 Å². The number of aliphatic hydroxyl groups is 1. The second-order valence-electron chi connectivity index (χ2n) is 4.68. The number of aliphatic hydroxyl groups excluding tert-OH is 1. The van der Waals surface area contributed by atoms with Crippen LogP contribution in [0.15, 0.2) is 18.2 Å². The Hall–Kier alpha value is -1.40. The lowest BCUT2D eigenvalue weighted by atomic mass is 10.1. The first kappa shape index (κ1) is 16.7. The van der Waals surface area contributed by atoms with E-state index in [1.807, 2.05) is 32.0 Å². The maximum Gasteiger partial charge on any atom is 0.242 e. The smallest absolute Gasteiger partial charge is 0.242 e. The summed E-state index contributed by atoms with van der Waals surface area (Å²) < 4.78 is 23.6. The highest BCUT2D eigenvalue weighted by Gasteiger charge is 2.28. The Bertz CT molecular complexity index is 581. The predicted octanol–water partition coefficient (Wildman–Crippen LogP) is 1.29. The zero-order valence-corrected chi connectivity index (χ0v) is 12.8. The van der Waals surface area contributed by atoms with Gasteiger partial charge in [-0.15, -0.1) is 0 Å². The lowest BCUT2D eigenvalue weighted by molar-refractivity contribution is -0.115. The van der Waals surface area contributed by atoms with Gasteiger partial charge in [0, 0.05) is 5.69 Å². The summed E-state index contributed by atoms with van der Waals surface area (Å²) in [6.07, 6.45) is 0.745. The number of hydrogen-bond acceptors (Lipinski definition) is 4. The first-order valence-corrected chi connectivity index (χ1v) is 8.26. The molecule has 1 aromatic carbocycles. The number of nitrogens with one attached hydrogen (secondary N) is 1. The largest absolute Gasteiger partial charge is 0.395 e. The number of carbonyl (C=O) groups excluding carboxylic acids is 1. The Labute approximate surface area is 119 Å². The van der Waals surface area contributed by atoms with Crippen LogP contribution in [0.2, 0.25) is 0 Å². The van der Waals surface area contributed by atoms with Crippen molar-refractivity contribution in [2.45, 2.75) is 32.4 Å². The summed E-state index contributed by atoms with van der Waals surface area (Å²) in [4.78, 5) is 12.1. The summed E-state index contributed by atoms with van der Waals surface area (Å²) in [5.74, 6) is -0.974. The fraction of sp³-hybridized carbons (Fsp3) is 0.500. The standard InChI is InChI=1S/C14H21NO4S/c1-4-12-7-5-6-10(2)13(12)15-14(17)11(3)20(18,19)9-8-16/h5-7,11,16H,4,8-9H2,1-3H3,(H,15,17). The van der Waals surface area contributed by atoms with Crippen molar-refractivity contribution in [3.05, 3.63) is 29.3 Å². The molecule has 1 amide bonds. The van der Waals surface area contributed by atoms with E-state index in [4.69, 9.17) is 5.11 Å². The lowest BCUT2D eigenvalue weighted by Crippen LogP contribution is -2.35. The van der Waals surface area contributed by atoms with Crippen molar-refractivity contribution in [1.29, 1.82) is 0 Å². The van der Waals surface area contributed by atoms with Gasteiger partial charge in [0.15, 0.2) is 9.84 Å². The molecule has 0 heterocycles. The van der Waals surface area contributed by atoms with Gasteiger partial charge >= 0.3 is 0 Å². The van der Waals surface area contributed by atoms with Crippen molar-refractivity contribution in [3.8, 4) is 0 Å². The van der Waals surface area contributed by atoms with Crippen molar-refractivity contribution in [2.24, 2.45) is 0 Å². The molecule has 1 atom stereocenters. The van der Waals surface area contributed by atoms with Gasteiger partial charge < -0.3 is 10.4 Å². The molecule has 0 aliphatic carbocycles. The minimum Gasteiger partial charge on any atom is -0.395 e. The third-order valence-corrected chi connectivity index (χ3v) is 5.31. The summed E-state index contributed by atoms with van der Waals surface area (Å²) >= 11 is 0. The molecule has 20 heavy (non-hydrogen) atoms. The summed E-state index contributed by atoms with van der Waals surface area (Å²) in [6.45, 7) is 4.69. The van der Waals surface area contributed by atoms with Crippen molar-refractivity contribution < 1.29 is 18.3 Å². The van der Waals surface area contributed by atoms with E-state index < -0.39 is 33.4 Å². The molecule has 0 aliphatic rings. The molecule has 0 saturated heterocycles. The van der Waals surface area contributed by atoms with Crippen LogP contribution in [0.5, 0.6) is 0 Å². The molecular formula is C14H21NO4S. The minimum atomic E-state index is -3.62. The lowest BCUT2D eigenvalue weighted by Gasteiger charge is -2.16. The maximum atomic E-state index is 12.1. The Balaban J connectivity index is 2.97. The Kier molecular flexibility index (Phi) is 5.71. The van der Waals surface area contributed by atoms with E-state index in [1.54, 1.807) is 0 Å². The summed E-state index contributed by atoms with van der Waals surface area (Å²) in [5, 5.41) is 10.3. The molecule has 0 bridgehead atoms. The highest BCUT2D eigenvalue weighted by atomic mass is 32.2. The SMILES string of the molecule is CCc1cccc(C)c1NC(=O)C(C)S(=O)(=O)CCO. The van der Waals surface area contributed by atoms with Crippen LogP contribution in [0.25, 0.3) is 0 Å². The number of para-hydroxylation sites is 1. The highest BCUT2D eigenvalue weighted by molar-refractivity contribution is 7.92. The summed E-state index contributed by atoms with van der Waals surface area (Å²) in [6, 6.07) is 5.66. The number of amides is 1. The second-order valence-corrected chi connectivity index (χ2v) is 7.13. The van der Waals surface area contributed by atoms with E-state index in [0.717, 1.165) is 17.5 Å². The van der Waals surface area contributed by atoms with Crippen molar-refractivity contribution in [1.82, 2.24) is 0 Å². The average molecular weight is 299 g/mol. The number of hydrogen-bond donors (Lipinski definition) is 2. The number of rotatable bonds is 6. The van der Waals surface area contributed by atoms with Crippen LogP contribution in [-0.2, 0) is 21.1 Å². The van der Waals surface area contributed by atoms with Crippen molar-refractivity contribution >= 4 is 21.4 Å². The number of sulfone groups is 1. The molecule has 0 fully saturated rings. The van der Waals surface area contributed by atoms with Crippen molar-refractivity contribution in [3.63, 3.8) is 0 Å². The Morgan fingerprint density at radius 2 is 2.05 bits per heavy atom. The van der Waals surface area contributed by atoms with E-state index in [0.29, 0.717) is 5.69 Å². The molecule has 0 aromatic heterocycles. The summed E-state index contributed by atoms with van der Waals surface area (Å²) in [5.41, 5.74) is 2.53.